The van der Waals surface area contributed by atoms with Gasteiger partial charge in [-0.05, 0) is 20.8 Å². The highest BCUT2D eigenvalue weighted by Gasteiger charge is 2.38. The zero-order valence-electron chi connectivity index (χ0n) is 10.8. The summed E-state index contributed by atoms with van der Waals surface area (Å²) < 4.78 is 42.4. The van der Waals surface area contributed by atoms with Crippen molar-refractivity contribution in [2.75, 3.05) is 0 Å². The van der Waals surface area contributed by atoms with Gasteiger partial charge in [0.25, 0.3) is 0 Å². The van der Waals surface area contributed by atoms with Crippen molar-refractivity contribution in [3.05, 3.63) is 17.2 Å². The summed E-state index contributed by atoms with van der Waals surface area (Å²) >= 11 is 0. The molecule has 0 radical (unpaired) electrons. The summed E-state index contributed by atoms with van der Waals surface area (Å²) in [5, 5.41) is 0. The molecule has 0 unspecified atom stereocenters. The van der Waals surface area contributed by atoms with Gasteiger partial charge in [0.2, 0.25) is 5.82 Å². The van der Waals surface area contributed by atoms with Crippen LogP contribution in [-0.2, 0) is 24.0 Å². The number of alkyl halides is 3. The SMILES string of the molecule is CC(C)(C)OC(=O)N1Cc2nc(C(F)(F)F)[nH]c2C1. The van der Waals surface area contributed by atoms with Crippen molar-refractivity contribution >= 4 is 6.09 Å². The highest BCUT2D eigenvalue weighted by molar-refractivity contribution is 5.69. The molecule has 0 fully saturated rings. The van der Waals surface area contributed by atoms with E-state index < -0.39 is 23.7 Å². The fraction of sp³-hybridized carbons (Fsp3) is 0.636. The minimum atomic E-state index is -4.50. The first-order valence-electron chi connectivity index (χ1n) is 5.69. The number of carbonyl (C=O) groups is 1. The molecule has 2 rings (SSSR count). The quantitative estimate of drug-likeness (QED) is 0.793. The molecule has 2 heterocycles. The van der Waals surface area contributed by atoms with Crippen molar-refractivity contribution in [3.8, 4) is 0 Å². The Morgan fingerprint density at radius 1 is 1.32 bits per heavy atom. The van der Waals surface area contributed by atoms with Crippen LogP contribution < -0.4 is 0 Å². The van der Waals surface area contributed by atoms with E-state index in [9.17, 15) is 18.0 Å². The Kier molecular flexibility index (Phi) is 2.98. The van der Waals surface area contributed by atoms with Crippen LogP contribution in [0.5, 0.6) is 0 Å². The molecule has 0 aromatic carbocycles. The molecule has 0 saturated heterocycles. The largest absolute Gasteiger partial charge is 0.449 e. The molecule has 1 aromatic heterocycles. The Morgan fingerprint density at radius 2 is 1.95 bits per heavy atom. The van der Waals surface area contributed by atoms with Crippen molar-refractivity contribution < 1.29 is 22.7 Å². The summed E-state index contributed by atoms with van der Waals surface area (Å²) in [4.78, 5) is 18.7. The van der Waals surface area contributed by atoms with Gasteiger partial charge in [0, 0.05) is 0 Å². The summed E-state index contributed by atoms with van der Waals surface area (Å²) in [5.41, 5.74) is -0.103. The number of imidazole rings is 1. The van der Waals surface area contributed by atoms with Crippen molar-refractivity contribution in [1.82, 2.24) is 14.9 Å². The Hall–Kier alpha value is -1.73. The number of nitrogens with zero attached hydrogens (tertiary/aromatic N) is 2. The monoisotopic (exact) mass is 277 g/mol. The lowest BCUT2D eigenvalue weighted by Gasteiger charge is -2.24. The number of H-pyrrole nitrogens is 1. The lowest BCUT2D eigenvalue weighted by atomic mass is 10.2. The first-order valence-corrected chi connectivity index (χ1v) is 5.69. The van der Waals surface area contributed by atoms with Gasteiger partial charge < -0.3 is 9.72 Å². The molecule has 0 spiro atoms. The smallest absolute Gasteiger partial charge is 0.444 e. The van der Waals surface area contributed by atoms with Gasteiger partial charge in [-0.1, -0.05) is 0 Å². The van der Waals surface area contributed by atoms with Crippen LogP contribution in [0.3, 0.4) is 0 Å². The lowest BCUT2D eigenvalue weighted by molar-refractivity contribution is -0.144. The Labute approximate surface area is 107 Å². The predicted molar refractivity (Wildman–Crippen MR) is 59.1 cm³/mol. The number of rotatable bonds is 0. The second-order valence-corrected chi connectivity index (χ2v) is 5.34. The number of aromatic nitrogens is 2. The molecule has 106 valence electrons. The number of hydrogen-bond donors (Lipinski definition) is 1. The van der Waals surface area contributed by atoms with Crippen LogP contribution in [0.1, 0.15) is 38.0 Å². The third kappa shape index (κ3) is 2.99. The highest BCUT2D eigenvalue weighted by atomic mass is 19.4. The topological polar surface area (TPSA) is 58.2 Å². The van der Waals surface area contributed by atoms with Crippen molar-refractivity contribution in [1.29, 1.82) is 0 Å². The molecule has 1 amide bonds. The first kappa shape index (κ1) is 13.7. The van der Waals surface area contributed by atoms with Gasteiger partial charge in [-0.3, -0.25) is 4.90 Å². The van der Waals surface area contributed by atoms with Crippen LogP contribution in [0.25, 0.3) is 0 Å². The molecule has 0 saturated carbocycles. The first-order chi connectivity index (χ1) is 8.56. The van der Waals surface area contributed by atoms with E-state index in [4.69, 9.17) is 4.74 Å². The number of halogens is 3. The second-order valence-electron chi connectivity index (χ2n) is 5.34. The molecule has 5 nitrogen and oxygen atoms in total. The fourth-order valence-corrected chi connectivity index (χ4v) is 1.72. The number of fused-ring (bicyclic) bond motifs is 1. The van der Waals surface area contributed by atoms with Crippen LogP contribution in [0.15, 0.2) is 0 Å². The second kappa shape index (κ2) is 4.14. The van der Waals surface area contributed by atoms with Crippen LogP contribution in [0.4, 0.5) is 18.0 Å². The average Bonchev–Trinajstić information content (AvgIpc) is 2.68. The maximum absolute atomic E-state index is 12.4. The predicted octanol–water partition coefficient (Wildman–Crippen LogP) is 2.68. The standard InChI is InChI=1S/C11H14F3N3O2/c1-10(2,3)19-9(18)17-4-6-7(5-17)16-8(15-6)11(12,13)14/h4-5H2,1-3H3,(H,15,16). The molecule has 1 aliphatic heterocycles. The molecule has 1 aliphatic rings. The highest BCUT2D eigenvalue weighted by Crippen LogP contribution is 2.30. The van der Waals surface area contributed by atoms with E-state index in [1.807, 2.05) is 0 Å². The molecular weight excluding hydrogens is 263 g/mol. The zero-order chi connectivity index (χ0) is 14.4. The summed E-state index contributed by atoms with van der Waals surface area (Å²) in [6.07, 6.45) is -5.06. The van der Waals surface area contributed by atoms with E-state index in [1.165, 1.54) is 4.90 Å². The molecule has 1 N–H and O–H groups in total. The van der Waals surface area contributed by atoms with Gasteiger partial charge in [-0.2, -0.15) is 13.2 Å². The maximum Gasteiger partial charge on any atom is 0.449 e. The van der Waals surface area contributed by atoms with Crippen LogP contribution in [0, 0.1) is 0 Å². The van der Waals surface area contributed by atoms with Gasteiger partial charge in [-0.15, -0.1) is 0 Å². The van der Waals surface area contributed by atoms with E-state index in [-0.39, 0.29) is 18.8 Å². The molecule has 19 heavy (non-hydrogen) atoms. The molecule has 0 atom stereocenters. The van der Waals surface area contributed by atoms with Gasteiger partial charge in [0.05, 0.1) is 24.5 Å². The normalized spacial score (nSPS) is 15.6. The lowest BCUT2D eigenvalue weighted by Crippen LogP contribution is -2.33. The minimum absolute atomic E-state index is 0.0246. The number of aromatic amines is 1. The number of ether oxygens (including phenoxy) is 1. The number of hydrogen-bond acceptors (Lipinski definition) is 3. The van der Waals surface area contributed by atoms with Gasteiger partial charge >= 0.3 is 12.3 Å². The zero-order valence-corrected chi connectivity index (χ0v) is 10.8. The average molecular weight is 277 g/mol. The molecular formula is C11H14F3N3O2. The Morgan fingerprint density at radius 3 is 2.42 bits per heavy atom. The Bertz CT molecular complexity index is 479. The Balaban J connectivity index is 2.06. The number of carbonyl (C=O) groups excluding carboxylic acids is 1. The minimum Gasteiger partial charge on any atom is -0.444 e. The summed E-state index contributed by atoms with van der Waals surface area (Å²) in [6, 6.07) is 0. The van der Waals surface area contributed by atoms with Gasteiger partial charge in [0.1, 0.15) is 5.60 Å². The fourth-order valence-electron chi connectivity index (χ4n) is 1.72. The summed E-state index contributed by atoms with van der Waals surface area (Å²) in [5.74, 6) is -1.03. The third-order valence-electron chi connectivity index (χ3n) is 2.47. The number of amides is 1. The van der Waals surface area contributed by atoms with Crippen LogP contribution in [-0.4, -0.2) is 26.6 Å². The van der Waals surface area contributed by atoms with Crippen molar-refractivity contribution in [3.63, 3.8) is 0 Å². The summed E-state index contributed by atoms with van der Waals surface area (Å²) in [6.45, 7) is 5.24. The van der Waals surface area contributed by atoms with E-state index in [0.717, 1.165) is 0 Å². The van der Waals surface area contributed by atoms with E-state index in [1.54, 1.807) is 20.8 Å². The van der Waals surface area contributed by atoms with E-state index >= 15 is 0 Å². The van der Waals surface area contributed by atoms with E-state index in [2.05, 4.69) is 9.97 Å². The van der Waals surface area contributed by atoms with E-state index in [0.29, 0.717) is 5.69 Å². The molecule has 1 aromatic rings. The molecule has 0 bridgehead atoms. The van der Waals surface area contributed by atoms with Crippen molar-refractivity contribution in [2.45, 2.75) is 45.6 Å². The number of nitrogens with one attached hydrogen (secondary N) is 1. The molecule has 8 heteroatoms. The van der Waals surface area contributed by atoms with Gasteiger partial charge in [0.15, 0.2) is 0 Å². The molecule has 0 aliphatic carbocycles. The third-order valence-corrected chi connectivity index (χ3v) is 2.47. The van der Waals surface area contributed by atoms with Crippen LogP contribution in [0.2, 0.25) is 0 Å². The maximum atomic E-state index is 12.4. The van der Waals surface area contributed by atoms with Crippen LogP contribution >= 0.6 is 0 Å². The van der Waals surface area contributed by atoms with Crippen molar-refractivity contribution in [2.24, 2.45) is 0 Å². The van der Waals surface area contributed by atoms with Gasteiger partial charge in [-0.25, -0.2) is 9.78 Å². The summed E-state index contributed by atoms with van der Waals surface area (Å²) in [7, 11) is 0.